The summed E-state index contributed by atoms with van der Waals surface area (Å²) in [5.74, 6) is 2.47. The number of hydrogen-bond donors (Lipinski definition) is 1. The molecule has 6 rings (SSSR count). The van der Waals surface area contributed by atoms with Crippen molar-refractivity contribution in [1.29, 1.82) is 0 Å². The second kappa shape index (κ2) is 8.91. The van der Waals surface area contributed by atoms with E-state index in [1.54, 1.807) is 0 Å². The van der Waals surface area contributed by atoms with Gasteiger partial charge in [-0.2, -0.15) is 0 Å². The Bertz CT molecular complexity index is 1250. The van der Waals surface area contributed by atoms with Crippen LogP contribution in [0.4, 0.5) is 5.69 Å². The summed E-state index contributed by atoms with van der Waals surface area (Å²) in [5.41, 5.74) is 6.92. The third-order valence-corrected chi connectivity index (χ3v) is 7.49. The lowest BCUT2D eigenvalue weighted by Crippen LogP contribution is -2.34. The van der Waals surface area contributed by atoms with Gasteiger partial charge in [-0.05, 0) is 92.6 Å². The molecular weight excluding hydrogens is 426 g/mol. The number of piperidine rings is 1. The normalized spacial score (nSPS) is 18.6. The molecule has 0 aliphatic carbocycles. The number of carbonyl (C=O) groups is 1. The smallest absolute Gasteiger partial charge is 0.224 e. The van der Waals surface area contributed by atoms with Crippen LogP contribution in [-0.2, 0) is 24.2 Å². The van der Waals surface area contributed by atoms with E-state index in [1.807, 2.05) is 12.1 Å². The third-order valence-electron chi connectivity index (χ3n) is 7.49. The number of likely N-dealkylation sites (tertiary alicyclic amines) is 1. The number of anilines is 1. The van der Waals surface area contributed by atoms with Crippen LogP contribution in [0.25, 0.3) is 10.9 Å². The highest BCUT2D eigenvalue weighted by Gasteiger charge is 2.23. The number of benzene rings is 2. The molecule has 4 heterocycles. The highest BCUT2D eigenvalue weighted by Crippen LogP contribution is 2.38. The number of aromatic nitrogens is 1. The van der Waals surface area contributed by atoms with Gasteiger partial charge >= 0.3 is 0 Å². The number of aryl methyl sites for hydroxylation is 2. The number of nitrogens with zero attached hydrogens (tertiary/aromatic N) is 2. The Balaban J connectivity index is 1.11. The SMILES string of the molecule is Cc1nc2ccc3c(c2cc1CN1CCC(Cc2ccc4c(c2)NC(=O)CC4)CC1)OCCO3. The zero-order valence-electron chi connectivity index (χ0n) is 19.7. The zero-order chi connectivity index (χ0) is 23.1. The molecule has 0 atom stereocenters. The molecule has 1 N–H and O–H groups in total. The van der Waals surface area contributed by atoms with Gasteiger partial charge in [-0.3, -0.25) is 14.7 Å². The lowest BCUT2D eigenvalue weighted by atomic mass is 9.89. The fourth-order valence-corrected chi connectivity index (χ4v) is 5.52. The molecule has 1 aromatic heterocycles. The van der Waals surface area contributed by atoms with Gasteiger partial charge in [0.1, 0.15) is 13.2 Å². The number of nitrogens with one attached hydrogen (secondary N) is 1. The molecular formula is C28H31N3O3. The Morgan fingerprint density at radius 2 is 1.91 bits per heavy atom. The first-order valence-corrected chi connectivity index (χ1v) is 12.5. The summed E-state index contributed by atoms with van der Waals surface area (Å²) >= 11 is 0. The second-order valence-electron chi connectivity index (χ2n) is 9.85. The first-order valence-electron chi connectivity index (χ1n) is 12.5. The highest BCUT2D eigenvalue weighted by molar-refractivity contribution is 5.94. The van der Waals surface area contributed by atoms with Gasteiger partial charge in [-0.1, -0.05) is 12.1 Å². The molecule has 176 valence electrons. The fourth-order valence-electron chi connectivity index (χ4n) is 5.52. The van der Waals surface area contributed by atoms with Gasteiger partial charge < -0.3 is 14.8 Å². The number of fused-ring (bicyclic) bond motifs is 4. The van der Waals surface area contributed by atoms with E-state index < -0.39 is 0 Å². The van der Waals surface area contributed by atoms with Gasteiger partial charge in [0.05, 0.1) is 5.52 Å². The van der Waals surface area contributed by atoms with Crippen molar-refractivity contribution in [2.24, 2.45) is 5.92 Å². The number of carbonyl (C=O) groups excluding carboxylic acids is 1. The molecule has 2 aromatic carbocycles. The molecule has 3 aliphatic rings. The monoisotopic (exact) mass is 457 g/mol. The van der Waals surface area contributed by atoms with Gasteiger partial charge in [0, 0.05) is 29.7 Å². The lowest BCUT2D eigenvalue weighted by Gasteiger charge is -2.32. The lowest BCUT2D eigenvalue weighted by molar-refractivity contribution is -0.116. The van der Waals surface area contributed by atoms with Crippen molar-refractivity contribution in [2.75, 3.05) is 31.6 Å². The molecule has 3 aromatic rings. The maximum absolute atomic E-state index is 11.7. The molecule has 3 aliphatic heterocycles. The Hall–Kier alpha value is -3.12. The number of ether oxygens (including phenoxy) is 2. The van der Waals surface area contributed by atoms with Crippen molar-refractivity contribution in [3.05, 3.63) is 58.8 Å². The van der Waals surface area contributed by atoms with Crippen LogP contribution in [0, 0.1) is 12.8 Å². The summed E-state index contributed by atoms with van der Waals surface area (Å²) < 4.78 is 11.7. The van der Waals surface area contributed by atoms with Gasteiger partial charge in [0.25, 0.3) is 0 Å². The Morgan fingerprint density at radius 1 is 1.06 bits per heavy atom. The molecule has 1 fully saturated rings. The van der Waals surface area contributed by atoms with Crippen LogP contribution < -0.4 is 14.8 Å². The summed E-state index contributed by atoms with van der Waals surface area (Å²) in [6.45, 7) is 6.38. The van der Waals surface area contributed by atoms with Crippen molar-refractivity contribution >= 4 is 22.5 Å². The predicted octanol–water partition coefficient (Wildman–Crippen LogP) is 4.65. The molecule has 34 heavy (non-hydrogen) atoms. The molecule has 1 amide bonds. The second-order valence-corrected chi connectivity index (χ2v) is 9.85. The predicted molar refractivity (Wildman–Crippen MR) is 133 cm³/mol. The quantitative estimate of drug-likeness (QED) is 0.618. The minimum Gasteiger partial charge on any atom is -0.486 e. The van der Waals surface area contributed by atoms with Crippen molar-refractivity contribution in [1.82, 2.24) is 9.88 Å². The summed E-state index contributed by atoms with van der Waals surface area (Å²) in [6.07, 6.45) is 4.91. The summed E-state index contributed by atoms with van der Waals surface area (Å²) in [6, 6.07) is 12.9. The summed E-state index contributed by atoms with van der Waals surface area (Å²) in [4.78, 5) is 19.2. The summed E-state index contributed by atoms with van der Waals surface area (Å²) in [7, 11) is 0. The van der Waals surface area contributed by atoms with E-state index in [1.165, 1.54) is 29.5 Å². The first kappa shape index (κ1) is 21.4. The number of amides is 1. The molecule has 6 nitrogen and oxygen atoms in total. The summed E-state index contributed by atoms with van der Waals surface area (Å²) in [5, 5.41) is 4.09. The van der Waals surface area contributed by atoms with E-state index >= 15 is 0 Å². The number of rotatable bonds is 4. The minimum atomic E-state index is 0.135. The largest absolute Gasteiger partial charge is 0.486 e. The van der Waals surface area contributed by atoms with E-state index in [0.29, 0.717) is 25.6 Å². The first-order chi connectivity index (χ1) is 16.6. The molecule has 1 saturated heterocycles. The van der Waals surface area contributed by atoms with Crippen LogP contribution in [0.3, 0.4) is 0 Å². The molecule has 6 heteroatoms. The van der Waals surface area contributed by atoms with E-state index in [4.69, 9.17) is 14.5 Å². The van der Waals surface area contributed by atoms with Crippen LogP contribution in [0.15, 0.2) is 36.4 Å². The van der Waals surface area contributed by atoms with Crippen LogP contribution >= 0.6 is 0 Å². The fraction of sp³-hybridized carbons (Fsp3) is 0.429. The van der Waals surface area contributed by atoms with Gasteiger partial charge in [-0.25, -0.2) is 0 Å². The van der Waals surface area contributed by atoms with E-state index in [9.17, 15) is 4.79 Å². The number of pyridine rings is 1. The Kier molecular flexibility index (Phi) is 5.61. The van der Waals surface area contributed by atoms with Gasteiger partial charge in [-0.15, -0.1) is 0 Å². The van der Waals surface area contributed by atoms with Crippen molar-refractivity contribution < 1.29 is 14.3 Å². The van der Waals surface area contributed by atoms with E-state index in [0.717, 1.165) is 66.3 Å². The third kappa shape index (κ3) is 4.23. The molecule has 0 unspecified atom stereocenters. The average Bonchev–Trinajstić information content (AvgIpc) is 2.85. The maximum atomic E-state index is 11.7. The van der Waals surface area contributed by atoms with E-state index in [2.05, 4.69) is 41.4 Å². The van der Waals surface area contributed by atoms with Crippen LogP contribution in [0.5, 0.6) is 11.5 Å². The molecule has 0 radical (unpaired) electrons. The zero-order valence-corrected chi connectivity index (χ0v) is 19.7. The van der Waals surface area contributed by atoms with Crippen LogP contribution in [0.1, 0.15) is 41.6 Å². The maximum Gasteiger partial charge on any atom is 0.224 e. The van der Waals surface area contributed by atoms with Gasteiger partial charge in [0.15, 0.2) is 11.5 Å². The van der Waals surface area contributed by atoms with Crippen LogP contribution in [-0.4, -0.2) is 42.1 Å². The van der Waals surface area contributed by atoms with Crippen molar-refractivity contribution in [2.45, 2.75) is 45.6 Å². The van der Waals surface area contributed by atoms with Crippen LogP contribution in [0.2, 0.25) is 0 Å². The Labute approximate surface area is 200 Å². The number of hydrogen-bond acceptors (Lipinski definition) is 5. The van der Waals surface area contributed by atoms with Gasteiger partial charge in [0.2, 0.25) is 5.91 Å². The molecule has 0 bridgehead atoms. The van der Waals surface area contributed by atoms with Crippen molar-refractivity contribution in [3.8, 4) is 11.5 Å². The molecule has 0 spiro atoms. The Morgan fingerprint density at radius 3 is 2.79 bits per heavy atom. The minimum absolute atomic E-state index is 0.135. The van der Waals surface area contributed by atoms with E-state index in [-0.39, 0.29) is 5.91 Å². The van der Waals surface area contributed by atoms with Crippen molar-refractivity contribution in [3.63, 3.8) is 0 Å². The highest BCUT2D eigenvalue weighted by atomic mass is 16.6. The standard InChI is InChI=1S/C28H31N3O3/c1-18-22(16-23-24(29-18)5-6-26-28(23)34-13-12-33-26)17-31-10-8-19(9-11-31)14-20-2-3-21-4-7-27(32)30-25(21)15-20/h2-3,5-6,15-16,19H,4,7-14,17H2,1H3,(H,30,32). The average molecular weight is 458 g/mol. The molecule has 0 saturated carbocycles. The topological polar surface area (TPSA) is 63.7 Å².